The predicted molar refractivity (Wildman–Crippen MR) is 138 cm³/mol. The number of para-hydroxylation sites is 2. The molecule has 2 amide bonds. The van der Waals surface area contributed by atoms with E-state index in [9.17, 15) is 9.59 Å². The fourth-order valence-electron chi connectivity index (χ4n) is 4.27. The molecule has 1 aliphatic heterocycles. The van der Waals surface area contributed by atoms with Crippen molar-refractivity contribution in [1.29, 1.82) is 0 Å². The molecule has 0 atom stereocenters. The van der Waals surface area contributed by atoms with E-state index >= 15 is 0 Å². The number of anilines is 2. The van der Waals surface area contributed by atoms with Crippen molar-refractivity contribution in [2.45, 2.75) is 0 Å². The zero-order valence-corrected chi connectivity index (χ0v) is 20.0. The molecule has 1 aromatic heterocycles. The van der Waals surface area contributed by atoms with E-state index in [1.54, 1.807) is 42.3 Å². The van der Waals surface area contributed by atoms with E-state index in [1.807, 2.05) is 36.4 Å². The maximum Gasteiger partial charge on any atom is 0.291 e. The fourth-order valence-corrected chi connectivity index (χ4v) is 4.27. The molecule has 4 aromatic rings. The van der Waals surface area contributed by atoms with Crippen LogP contribution in [0.2, 0.25) is 0 Å². The topological polar surface area (TPSA) is 84.2 Å². The van der Waals surface area contributed by atoms with E-state index < -0.39 is 0 Å². The highest BCUT2D eigenvalue weighted by Crippen LogP contribution is 2.32. The van der Waals surface area contributed by atoms with Gasteiger partial charge in [0.1, 0.15) is 22.8 Å². The lowest BCUT2D eigenvalue weighted by molar-refractivity contribution is -0.118. The Balaban J connectivity index is 1.29. The number of carbonyl (C=O) groups excluding carboxylic acids is 2. The first-order valence-corrected chi connectivity index (χ1v) is 11.8. The molecule has 5 rings (SSSR count). The second-order valence-corrected chi connectivity index (χ2v) is 8.43. The summed E-state index contributed by atoms with van der Waals surface area (Å²) in [6.07, 6.45) is 0. The standard InChI is InChI=1S/C28H27N3O5/c1-34-21-11-13-22(14-12-21)35-19-25(32)29-26-23-9-5-6-10-24(23)36-27(26)28(33)31-17-15-30(16-18-31)20-7-3-2-4-8-20/h2-14H,15-19H2,1H3,(H,29,32). The molecule has 0 radical (unpaired) electrons. The van der Waals surface area contributed by atoms with Gasteiger partial charge in [0, 0.05) is 37.3 Å². The first-order chi connectivity index (χ1) is 17.6. The summed E-state index contributed by atoms with van der Waals surface area (Å²) in [7, 11) is 1.58. The van der Waals surface area contributed by atoms with Crippen LogP contribution >= 0.6 is 0 Å². The number of hydrogen-bond acceptors (Lipinski definition) is 6. The number of furan rings is 1. The van der Waals surface area contributed by atoms with Crippen molar-refractivity contribution in [2.24, 2.45) is 0 Å². The number of nitrogens with one attached hydrogen (secondary N) is 1. The van der Waals surface area contributed by atoms with E-state index in [4.69, 9.17) is 13.9 Å². The first kappa shape index (κ1) is 23.3. The second kappa shape index (κ2) is 10.4. The third-order valence-electron chi connectivity index (χ3n) is 6.17. The molecule has 1 aliphatic rings. The Bertz CT molecular complexity index is 1340. The highest BCUT2D eigenvalue weighted by Gasteiger charge is 2.29. The van der Waals surface area contributed by atoms with Gasteiger partial charge in [-0.2, -0.15) is 0 Å². The summed E-state index contributed by atoms with van der Waals surface area (Å²) >= 11 is 0. The Labute approximate surface area is 209 Å². The number of rotatable bonds is 7. The summed E-state index contributed by atoms with van der Waals surface area (Å²) in [5.41, 5.74) is 2.04. The van der Waals surface area contributed by atoms with Crippen LogP contribution in [0.25, 0.3) is 11.0 Å². The van der Waals surface area contributed by atoms with Gasteiger partial charge in [0.05, 0.1) is 7.11 Å². The molecule has 0 spiro atoms. The number of benzene rings is 3. The number of amides is 2. The van der Waals surface area contributed by atoms with Gasteiger partial charge < -0.3 is 29.0 Å². The fraction of sp³-hybridized carbons (Fsp3) is 0.214. The smallest absolute Gasteiger partial charge is 0.291 e. The summed E-state index contributed by atoms with van der Waals surface area (Å²) in [5.74, 6) is 0.729. The van der Waals surface area contributed by atoms with Crippen molar-refractivity contribution in [1.82, 2.24) is 4.90 Å². The van der Waals surface area contributed by atoms with Crippen molar-refractivity contribution in [3.05, 3.63) is 84.6 Å². The minimum absolute atomic E-state index is 0.127. The van der Waals surface area contributed by atoms with Gasteiger partial charge in [-0.15, -0.1) is 0 Å². The van der Waals surface area contributed by atoms with Crippen molar-refractivity contribution >= 4 is 34.2 Å². The van der Waals surface area contributed by atoms with Gasteiger partial charge in [0.25, 0.3) is 11.8 Å². The van der Waals surface area contributed by atoms with E-state index in [1.165, 1.54) is 0 Å². The zero-order chi connectivity index (χ0) is 24.9. The quantitative estimate of drug-likeness (QED) is 0.417. The van der Waals surface area contributed by atoms with E-state index in [0.29, 0.717) is 54.3 Å². The Morgan fingerprint density at radius 3 is 2.25 bits per heavy atom. The van der Waals surface area contributed by atoms with E-state index in [0.717, 1.165) is 5.69 Å². The monoisotopic (exact) mass is 485 g/mol. The highest BCUT2D eigenvalue weighted by molar-refractivity contribution is 6.11. The van der Waals surface area contributed by atoms with Crippen LogP contribution in [0.1, 0.15) is 10.6 Å². The lowest BCUT2D eigenvalue weighted by atomic mass is 10.2. The molecule has 8 nitrogen and oxygen atoms in total. The van der Waals surface area contributed by atoms with Crippen LogP contribution < -0.4 is 19.7 Å². The molecule has 1 N–H and O–H groups in total. The maximum absolute atomic E-state index is 13.5. The Kier molecular flexibility index (Phi) is 6.75. The third-order valence-corrected chi connectivity index (χ3v) is 6.17. The van der Waals surface area contributed by atoms with Gasteiger partial charge in [-0.25, -0.2) is 0 Å². The van der Waals surface area contributed by atoms with Crippen LogP contribution in [0, 0.1) is 0 Å². The molecule has 0 aliphatic carbocycles. The number of nitrogens with zero attached hydrogens (tertiary/aromatic N) is 2. The van der Waals surface area contributed by atoms with Gasteiger partial charge in [-0.1, -0.05) is 30.3 Å². The molecule has 0 bridgehead atoms. The number of carbonyl (C=O) groups is 2. The average Bonchev–Trinajstić information content (AvgIpc) is 3.30. The summed E-state index contributed by atoms with van der Waals surface area (Å²) in [4.78, 5) is 30.3. The molecule has 1 fully saturated rings. The van der Waals surface area contributed by atoms with Gasteiger partial charge in [-0.3, -0.25) is 9.59 Å². The number of hydrogen-bond donors (Lipinski definition) is 1. The van der Waals surface area contributed by atoms with Crippen LogP contribution in [-0.4, -0.2) is 56.6 Å². The second-order valence-electron chi connectivity index (χ2n) is 8.43. The summed E-state index contributed by atoms with van der Waals surface area (Å²) < 4.78 is 16.7. The third kappa shape index (κ3) is 4.98. The van der Waals surface area contributed by atoms with Gasteiger partial charge >= 0.3 is 0 Å². The average molecular weight is 486 g/mol. The van der Waals surface area contributed by atoms with Gasteiger partial charge in [0.15, 0.2) is 6.61 Å². The first-order valence-electron chi connectivity index (χ1n) is 11.8. The van der Waals surface area contributed by atoms with Crippen LogP contribution in [0.15, 0.2) is 83.3 Å². The Morgan fingerprint density at radius 1 is 0.861 bits per heavy atom. The highest BCUT2D eigenvalue weighted by atomic mass is 16.5. The Morgan fingerprint density at radius 2 is 1.53 bits per heavy atom. The molecule has 36 heavy (non-hydrogen) atoms. The number of piperazine rings is 1. The van der Waals surface area contributed by atoms with Crippen molar-refractivity contribution in [2.75, 3.05) is 50.1 Å². The van der Waals surface area contributed by atoms with Crippen LogP contribution in [-0.2, 0) is 4.79 Å². The molecular formula is C28H27N3O5. The SMILES string of the molecule is COc1ccc(OCC(=O)Nc2c(C(=O)N3CCN(c4ccccc4)CC3)oc3ccccc23)cc1. The molecule has 0 saturated carbocycles. The molecular weight excluding hydrogens is 458 g/mol. The lowest BCUT2D eigenvalue weighted by Gasteiger charge is -2.35. The van der Waals surface area contributed by atoms with Crippen LogP contribution in [0.4, 0.5) is 11.4 Å². The van der Waals surface area contributed by atoms with Gasteiger partial charge in [0.2, 0.25) is 5.76 Å². The summed E-state index contributed by atoms with van der Waals surface area (Å²) in [5, 5.41) is 3.51. The van der Waals surface area contributed by atoms with Gasteiger partial charge in [-0.05, 0) is 48.5 Å². The molecule has 0 unspecified atom stereocenters. The number of methoxy groups -OCH3 is 1. The number of fused-ring (bicyclic) bond motifs is 1. The van der Waals surface area contributed by atoms with Crippen molar-refractivity contribution in [3.63, 3.8) is 0 Å². The molecule has 3 aromatic carbocycles. The summed E-state index contributed by atoms with van der Waals surface area (Å²) in [6.45, 7) is 2.33. The maximum atomic E-state index is 13.5. The number of ether oxygens (including phenoxy) is 2. The predicted octanol–water partition coefficient (Wildman–Crippen LogP) is 4.42. The van der Waals surface area contributed by atoms with Crippen molar-refractivity contribution < 1.29 is 23.5 Å². The normalized spacial score (nSPS) is 13.5. The molecule has 2 heterocycles. The largest absolute Gasteiger partial charge is 0.497 e. The molecule has 184 valence electrons. The van der Waals surface area contributed by atoms with E-state index in [2.05, 4.69) is 22.3 Å². The van der Waals surface area contributed by atoms with Crippen LogP contribution in [0.3, 0.4) is 0 Å². The molecule has 1 saturated heterocycles. The lowest BCUT2D eigenvalue weighted by Crippen LogP contribution is -2.48. The Hall–Kier alpha value is -4.46. The van der Waals surface area contributed by atoms with Crippen LogP contribution in [0.5, 0.6) is 11.5 Å². The van der Waals surface area contributed by atoms with E-state index in [-0.39, 0.29) is 24.2 Å². The van der Waals surface area contributed by atoms with Crippen molar-refractivity contribution in [3.8, 4) is 11.5 Å². The zero-order valence-electron chi connectivity index (χ0n) is 20.0. The minimum Gasteiger partial charge on any atom is -0.497 e. The molecule has 8 heteroatoms. The minimum atomic E-state index is -0.389. The summed E-state index contributed by atoms with van der Waals surface area (Å²) in [6, 6.07) is 24.4.